The van der Waals surface area contributed by atoms with Gasteiger partial charge in [-0.25, -0.2) is 0 Å². The van der Waals surface area contributed by atoms with Gasteiger partial charge in [-0.3, -0.25) is 4.98 Å². The number of nitrogens with one attached hydrogen (secondary N) is 1. The first-order valence-electron chi connectivity index (χ1n) is 6.45. The Bertz CT molecular complexity index is 331. The zero-order valence-corrected chi connectivity index (χ0v) is 10.4. The van der Waals surface area contributed by atoms with Crippen LogP contribution in [0, 0.1) is 12.8 Å². The molecule has 0 aliphatic heterocycles. The fraction of sp³-hybridized carbons (Fsp3) is 0.643. The van der Waals surface area contributed by atoms with Crippen LogP contribution in [0.4, 0.5) is 0 Å². The molecule has 0 saturated heterocycles. The predicted molar refractivity (Wildman–Crippen MR) is 67.3 cm³/mol. The second-order valence-corrected chi connectivity index (χ2v) is 4.94. The summed E-state index contributed by atoms with van der Waals surface area (Å²) in [6.45, 7) is 5.44. The van der Waals surface area contributed by atoms with E-state index < -0.39 is 0 Å². The Morgan fingerprint density at radius 1 is 1.50 bits per heavy atom. The van der Waals surface area contributed by atoms with E-state index in [1.165, 1.54) is 36.9 Å². The van der Waals surface area contributed by atoms with Crippen molar-refractivity contribution in [3.63, 3.8) is 0 Å². The molecule has 1 aliphatic rings. The predicted octanol–water partition coefficient (Wildman–Crippen LogP) is 3.23. The Morgan fingerprint density at radius 3 is 2.94 bits per heavy atom. The molecule has 1 saturated carbocycles. The Hall–Kier alpha value is -0.890. The highest BCUT2D eigenvalue weighted by atomic mass is 14.9. The first kappa shape index (κ1) is 11.6. The first-order chi connectivity index (χ1) is 7.79. The Balaban J connectivity index is 2.03. The number of rotatable bonds is 6. The van der Waals surface area contributed by atoms with Crippen molar-refractivity contribution in [3.05, 3.63) is 29.6 Å². The van der Waals surface area contributed by atoms with E-state index in [9.17, 15) is 0 Å². The second kappa shape index (κ2) is 5.44. The van der Waals surface area contributed by atoms with Crippen LogP contribution in [0.3, 0.4) is 0 Å². The van der Waals surface area contributed by atoms with Crippen LogP contribution in [0.1, 0.15) is 49.9 Å². The number of nitrogens with zero attached hydrogens (tertiary/aromatic N) is 1. The topological polar surface area (TPSA) is 24.9 Å². The van der Waals surface area contributed by atoms with Crippen LogP contribution in [0.2, 0.25) is 0 Å². The van der Waals surface area contributed by atoms with Gasteiger partial charge in [-0.05, 0) is 49.9 Å². The van der Waals surface area contributed by atoms with Crippen LogP contribution in [-0.4, -0.2) is 11.5 Å². The van der Waals surface area contributed by atoms with Crippen LogP contribution < -0.4 is 5.32 Å². The van der Waals surface area contributed by atoms with Gasteiger partial charge >= 0.3 is 0 Å². The van der Waals surface area contributed by atoms with E-state index in [4.69, 9.17) is 0 Å². The number of hydrogen-bond acceptors (Lipinski definition) is 2. The molecule has 0 amide bonds. The smallest absolute Gasteiger partial charge is 0.0575 e. The zero-order chi connectivity index (χ0) is 11.4. The van der Waals surface area contributed by atoms with Gasteiger partial charge in [0.05, 0.1) is 5.69 Å². The molecule has 0 radical (unpaired) electrons. The fourth-order valence-corrected chi connectivity index (χ4v) is 2.06. The van der Waals surface area contributed by atoms with Crippen molar-refractivity contribution in [3.8, 4) is 0 Å². The van der Waals surface area contributed by atoms with Crippen LogP contribution in [0.5, 0.6) is 0 Å². The minimum absolute atomic E-state index is 0.465. The van der Waals surface area contributed by atoms with Crippen molar-refractivity contribution >= 4 is 0 Å². The van der Waals surface area contributed by atoms with E-state index in [2.05, 4.69) is 36.3 Å². The van der Waals surface area contributed by atoms with Crippen molar-refractivity contribution in [1.82, 2.24) is 10.3 Å². The van der Waals surface area contributed by atoms with Crippen molar-refractivity contribution in [2.75, 3.05) is 6.54 Å². The molecule has 1 aromatic heterocycles. The third-order valence-corrected chi connectivity index (χ3v) is 3.20. The first-order valence-corrected chi connectivity index (χ1v) is 6.45. The van der Waals surface area contributed by atoms with E-state index in [0.717, 1.165) is 12.5 Å². The molecule has 0 spiro atoms. The normalized spacial score (nSPS) is 17.4. The molecule has 1 unspecified atom stereocenters. The van der Waals surface area contributed by atoms with Gasteiger partial charge in [0, 0.05) is 12.2 Å². The van der Waals surface area contributed by atoms with Gasteiger partial charge in [-0.1, -0.05) is 19.8 Å². The molecule has 2 nitrogen and oxygen atoms in total. The van der Waals surface area contributed by atoms with Gasteiger partial charge in [-0.2, -0.15) is 0 Å². The minimum atomic E-state index is 0.465. The van der Waals surface area contributed by atoms with Crippen LogP contribution in [0.15, 0.2) is 18.3 Å². The maximum atomic E-state index is 4.51. The zero-order valence-electron chi connectivity index (χ0n) is 10.4. The van der Waals surface area contributed by atoms with Crippen molar-refractivity contribution in [2.24, 2.45) is 5.92 Å². The average Bonchev–Trinajstić information content (AvgIpc) is 3.08. The summed E-state index contributed by atoms with van der Waals surface area (Å²) in [6.07, 6.45) is 7.20. The Kier molecular flexibility index (Phi) is 3.94. The summed E-state index contributed by atoms with van der Waals surface area (Å²) < 4.78 is 0. The monoisotopic (exact) mass is 218 g/mol. The third-order valence-electron chi connectivity index (χ3n) is 3.20. The number of aromatic nitrogens is 1. The van der Waals surface area contributed by atoms with Crippen LogP contribution in [0.25, 0.3) is 0 Å². The maximum Gasteiger partial charge on any atom is 0.0575 e. The lowest BCUT2D eigenvalue weighted by molar-refractivity contribution is 0.464. The molecular weight excluding hydrogens is 196 g/mol. The van der Waals surface area contributed by atoms with Gasteiger partial charge < -0.3 is 5.32 Å². The van der Waals surface area contributed by atoms with Crippen molar-refractivity contribution in [1.29, 1.82) is 0 Å². The van der Waals surface area contributed by atoms with E-state index in [-0.39, 0.29) is 0 Å². The van der Waals surface area contributed by atoms with Gasteiger partial charge in [0.2, 0.25) is 0 Å². The Labute approximate surface area is 98.5 Å². The summed E-state index contributed by atoms with van der Waals surface area (Å²) in [5, 5.41) is 3.62. The average molecular weight is 218 g/mol. The fourth-order valence-electron chi connectivity index (χ4n) is 2.06. The molecule has 1 aliphatic carbocycles. The Morgan fingerprint density at radius 2 is 2.31 bits per heavy atom. The van der Waals surface area contributed by atoms with Crippen LogP contribution in [-0.2, 0) is 0 Å². The quantitative estimate of drug-likeness (QED) is 0.793. The van der Waals surface area contributed by atoms with Gasteiger partial charge in [0.25, 0.3) is 0 Å². The number of aryl methyl sites for hydroxylation is 1. The highest BCUT2D eigenvalue weighted by Crippen LogP contribution is 2.37. The molecular formula is C14H22N2. The molecule has 1 fully saturated rings. The van der Waals surface area contributed by atoms with E-state index in [1.807, 2.05) is 6.20 Å². The third kappa shape index (κ3) is 3.31. The molecule has 16 heavy (non-hydrogen) atoms. The van der Waals surface area contributed by atoms with Gasteiger partial charge in [0.1, 0.15) is 0 Å². The second-order valence-electron chi connectivity index (χ2n) is 4.94. The summed E-state index contributed by atoms with van der Waals surface area (Å²) in [5.74, 6) is 0.941. The largest absolute Gasteiger partial charge is 0.309 e. The summed E-state index contributed by atoms with van der Waals surface area (Å²) in [7, 11) is 0. The summed E-state index contributed by atoms with van der Waals surface area (Å²) in [4.78, 5) is 4.51. The highest BCUT2D eigenvalue weighted by molar-refractivity contribution is 5.17. The van der Waals surface area contributed by atoms with Crippen molar-refractivity contribution < 1.29 is 0 Å². The molecule has 1 aromatic rings. The molecule has 0 bridgehead atoms. The summed E-state index contributed by atoms with van der Waals surface area (Å²) in [6, 6.07) is 4.75. The highest BCUT2D eigenvalue weighted by Gasteiger charge is 2.26. The van der Waals surface area contributed by atoms with Crippen molar-refractivity contribution in [2.45, 2.75) is 45.6 Å². The maximum absolute atomic E-state index is 4.51. The summed E-state index contributed by atoms with van der Waals surface area (Å²) >= 11 is 0. The number of pyridine rings is 1. The standard InChI is InChI=1S/C14H22N2/c1-3-7-15-14(10-12-4-5-12)13-9-11(2)6-8-16-13/h6,8-9,12,14-15H,3-5,7,10H2,1-2H3. The number of hydrogen-bond donors (Lipinski definition) is 1. The molecule has 2 heteroatoms. The van der Waals surface area contributed by atoms with E-state index in [1.54, 1.807) is 0 Å². The molecule has 1 N–H and O–H groups in total. The van der Waals surface area contributed by atoms with E-state index >= 15 is 0 Å². The lowest BCUT2D eigenvalue weighted by atomic mass is 10.0. The van der Waals surface area contributed by atoms with E-state index in [0.29, 0.717) is 6.04 Å². The molecule has 1 atom stereocenters. The SMILES string of the molecule is CCCNC(CC1CC1)c1cc(C)ccn1. The van der Waals surface area contributed by atoms with Crippen LogP contribution >= 0.6 is 0 Å². The van der Waals surface area contributed by atoms with Gasteiger partial charge in [0.15, 0.2) is 0 Å². The molecule has 88 valence electrons. The minimum Gasteiger partial charge on any atom is -0.309 e. The lowest BCUT2D eigenvalue weighted by Crippen LogP contribution is -2.23. The molecule has 1 heterocycles. The molecule has 0 aromatic carbocycles. The molecule has 2 rings (SSSR count). The lowest BCUT2D eigenvalue weighted by Gasteiger charge is -2.18. The van der Waals surface area contributed by atoms with Gasteiger partial charge in [-0.15, -0.1) is 0 Å². The summed E-state index contributed by atoms with van der Waals surface area (Å²) in [5.41, 5.74) is 2.53.